The topological polar surface area (TPSA) is 224 Å². The number of benzene rings is 2. The molecule has 0 bridgehead atoms. The molecule has 0 radical (unpaired) electrons. The molecule has 3 aliphatic carbocycles. The van der Waals surface area contributed by atoms with Crippen molar-refractivity contribution in [2.75, 3.05) is 62.2 Å². The standard InChI is InChI=1S/C29H37N5O3.C24H29N5O.C14H16BrN3O/c1-28(2,3)37-27(36)34-16-14-33(15-17-34)21-10-8-20(9-11-21)23-19-31-26-24(32-23)22(18-30-26)25(35)29(4)12-6-5-7-13-29;1-24(9-3-2-4-10-24)22(30)19-15-26-23-21(19)28-20(16-27-23)17-5-7-18(8-6-17)29-13-11-25-12-14-29;1-14(5-3-2-4-6-14)12(19)9-7-16-13-11(9)18-10(15)8-17-13/h8-11,18-19H,5-7,12-17H2,1-4H3,(H,30,31);5-8,15-16,25H,2-4,9-14H2,1H3,(H,26,27);7-8H,2-6H2,1H3,(H,16,17). The molecule has 86 heavy (non-hydrogen) atoms. The fourth-order valence-corrected chi connectivity index (χ4v) is 13.5. The number of carbonyl (C=O) groups is 4. The number of Topliss-reactive ketones (excluding diaryl/α,β-unsaturated/α-hetero) is 3. The van der Waals surface area contributed by atoms with E-state index in [1.54, 1.807) is 42.1 Å². The summed E-state index contributed by atoms with van der Waals surface area (Å²) in [6.07, 6.45) is 26.4. The number of anilines is 2. The predicted molar refractivity (Wildman–Crippen MR) is 342 cm³/mol. The van der Waals surface area contributed by atoms with E-state index in [1.807, 2.05) is 32.9 Å². The molecule has 5 aliphatic rings. The summed E-state index contributed by atoms with van der Waals surface area (Å²) in [5, 5.41) is 3.39. The summed E-state index contributed by atoms with van der Waals surface area (Å²) >= 11 is 3.31. The predicted octanol–water partition coefficient (Wildman–Crippen LogP) is 13.9. The first-order valence-corrected chi connectivity index (χ1v) is 31.9. The van der Waals surface area contributed by atoms with E-state index < -0.39 is 5.60 Å². The van der Waals surface area contributed by atoms with Crippen molar-refractivity contribution in [3.8, 4) is 22.5 Å². The monoisotopic (exact) mass is 1230 g/mol. The second-order valence-electron chi connectivity index (χ2n) is 26.0. The van der Waals surface area contributed by atoms with Crippen LogP contribution in [0.25, 0.3) is 56.0 Å². The van der Waals surface area contributed by atoms with Crippen molar-refractivity contribution in [2.45, 2.75) is 143 Å². The molecule has 0 spiro atoms. The number of amides is 1. The van der Waals surface area contributed by atoms with Crippen LogP contribution in [-0.4, -0.2) is 131 Å². The van der Waals surface area contributed by atoms with Gasteiger partial charge in [0.25, 0.3) is 0 Å². The van der Waals surface area contributed by atoms with Crippen molar-refractivity contribution in [2.24, 2.45) is 16.2 Å². The van der Waals surface area contributed by atoms with Crippen LogP contribution >= 0.6 is 15.9 Å². The number of H-pyrrole nitrogens is 3. The Labute approximate surface area is 512 Å². The summed E-state index contributed by atoms with van der Waals surface area (Å²) in [4.78, 5) is 95.2. The Morgan fingerprint density at radius 1 is 0.488 bits per heavy atom. The van der Waals surface area contributed by atoms with Gasteiger partial charge in [0.1, 0.15) is 26.8 Å². The highest BCUT2D eigenvalue weighted by Crippen LogP contribution is 2.43. The van der Waals surface area contributed by atoms with Gasteiger partial charge in [-0.2, -0.15) is 0 Å². The molecule has 6 aromatic heterocycles. The minimum atomic E-state index is -0.488. The number of aromatic nitrogens is 9. The zero-order valence-electron chi connectivity index (χ0n) is 50.8. The van der Waals surface area contributed by atoms with E-state index in [2.05, 4.69) is 123 Å². The van der Waals surface area contributed by atoms with E-state index in [9.17, 15) is 19.2 Å². The van der Waals surface area contributed by atoms with Crippen LogP contribution in [0.3, 0.4) is 0 Å². The molecule has 2 aliphatic heterocycles. The Balaban J connectivity index is 0.000000141. The van der Waals surface area contributed by atoms with Gasteiger partial charge in [0.15, 0.2) is 34.3 Å². The first-order valence-electron chi connectivity index (χ1n) is 31.1. The number of fused-ring (bicyclic) bond motifs is 3. The lowest BCUT2D eigenvalue weighted by Crippen LogP contribution is -2.50. The van der Waals surface area contributed by atoms with Crippen LogP contribution in [0.4, 0.5) is 16.2 Å². The van der Waals surface area contributed by atoms with E-state index in [0.717, 1.165) is 145 Å². The minimum absolute atomic E-state index is 0.172. The van der Waals surface area contributed by atoms with E-state index >= 15 is 0 Å². The summed E-state index contributed by atoms with van der Waals surface area (Å²) in [5.41, 5.74) is 10.5. The summed E-state index contributed by atoms with van der Waals surface area (Å²) in [6.45, 7) is 18.8. The molecule has 5 fully saturated rings. The minimum Gasteiger partial charge on any atom is -0.444 e. The highest BCUT2D eigenvalue weighted by molar-refractivity contribution is 9.10. The third kappa shape index (κ3) is 13.3. The summed E-state index contributed by atoms with van der Waals surface area (Å²) in [5.74, 6) is 0.575. The van der Waals surface area contributed by atoms with Crippen LogP contribution in [0.2, 0.25) is 0 Å². The first-order chi connectivity index (χ1) is 41.4. The first kappa shape index (κ1) is 60.3. The van der Waals surface area contributed by atoms with Crippen molar-refractivity contribution >= 4 is 84.2 Å². The molecule has 4 N–H and O–H groups in total. The number of hydrogen-bond donors (Lipinski definition) is 4. The molecule has 0 atom stereocenters. The Bertz CT molecular complexity index is 3700. The van der Waals surface area contributed by atoms with Crippen molar-refractivity contribution in [3.63, 3.8) is 0 Å². The van der Waals surface area contributed by atoms with Crippen LogP contribution in [-0.2, 0) is 4.74 Å². The fraction of sp³-hybridized carbons (Fsp3) is 0.493. The van der Waals surface area contributed by atoms with Gasteiger partial charge in [-0.3, -0.25) is 14.4 Å². The summed E-state index contributed by atoms with van der Waals surface area (Å²) < 4.78 is 6.16. The SMILES string of the molecule is CC(C)(C)OC(=O)N1CCN(c2ccc(-c3cnc4[nH]cc(C(=O)C5(C)CCCCC5)c4n3)cc2)CC1.CC1(C(=O)c2c[nH]c3ncc(-c4ccc(N5CCNCC5)cc4)nc23)CCCCC1.CC1(C(=O)c2c[nH]c3ncc(Br)nc23)CCCCC1. The molecule has 1 amide bonds. The van der Waals surface area contributed by atoms with Gasteiger partial charge in [0.05, 0.1) is 46.7 Å². The lowest BCUT2D eigenvalue weighted by atomic mass is 9.71. The number of rotatable bonds is 10. The van der Waals surface area contributed by atoms with Gasteiger partial charge in [-0.05, 0) is 99.5 Å². The van der Waals surface area contributed by atoms with Gasteiger partial charge in [-0.15, -0.1) is 0 Å². The lowest BCUT2D eigenvalue weighted by Gasteiger charge is -2.36. The van der Waals surface area contributed by atoms with Crippen molar-refractivity contribution in [1.29, 1.82) is 0 Å². The lowest BCUT2D eigenvalue weighted by molar-refractivity contribution is 0.0240. The molecule has 2 aromatic carbocycles. The number of aromatic amines is 3. The number of hydrogen-bond acceptors (Lipinski definition) is 14. The van der Waals surface area contributed by atoms with Crippen molar-refractivity contribution < 1.29 is 23.9 Å². The second kappa shape index (κ2) is 25.5. The zero-order chi connectivity index (χ0) is 60.2. The van der Waals surface area contributed by atoms with Crippen molar-refractivity contribution in [3.05, 3.63) is 107 Å². The van der Waals surface area contributed by atoms with E-state index in [4.69, 9.17) is 14.7 Å². The van der Waals surface area contributed by atoms with Crippen LogP contribution < -0.4 is 15.1 Å². The zero-order valence-corrected chi connectivity index (χ0v) is 52.4. The smallest absolute Gasteiger partial charge is 0.410 e. The van der Waals surface area contributed by atoms with E-state index in [1.165, 1.54) is 24.9 Å². The summed E-state index contributed by atoms with van der Waals surface area (Å²) in [6, 6.07) is 16.8. The van der Waals surface area contributed by atoms with Gasteiger partial charge in [0.2, 0.25) is 0 Å². The molecule has 2 saturated heterocycles. The molecular weight excluding hydrogens is 1150 g/mol. The maximum absolute atomic E-state index is 13.5. The summed E-state index contributed by atoms with van der Waals surface area (Å²) in [7, 11) is 0. The molecule has 18 nitrogen and oxygen atoms in total. The van der Waals surface area contributed by atoms with Gasteiger partial charge in [-0.25, -0.2) is 34.7 Å². The number of nitrogens with zero attached hydrogens (tertiary/aromatic N) is 9. The average Bonchev–Trinajstić information content (AvgIpc) is 2.29. The van der Waals surface area contributed by atoms with E-state index in [0.29, 0.717) is 67.9 Å². The van der Waals surface area contributed by atoms with Gasteiger partial charge in [0, 0.05) is 110 Å². The molecule has 8 heterocycles. The third-order valence-corrected chi connectivity index (χ3v) is 18.8. The molecule has 19 heteroatoms. The van der Waals surface area contributed by atoms with Crippen LogP contribution in [0, 0.1) is 16.2 Å². The highest BCUT2D eigenvalue weighted by atomic mass is 79.9. The number of nitrogens with one attached hydrogen (secondary N) is 4. The normalized spacial score (nSPS) is 18.6. The van der Waals surface area contributed by atoms with Gasteiger partial charge in [-0.1, -0.05) is 103 Å². The number of carbonyl (C=O) groups excluding carboxylic acids is 4. The van der Waals surface area contributed by atoms with E-state index in [-0.39, 0.29) is 39.7 Å². The maximum atomic E-state index is 13.5. The molecule has 8 aromatic rings. The Hall–Kier alpha value is -7.38. The Kier molecular flexibility index (Phi) is 17.9. The largest absolute Gasteiger partial charge is 0.444 e. The van der Waals surface area contributed by atoms with Gasteiger partial charge >= 0.3 is 6.09 Å². The Morgan fingerprint density at radius 2 is 0.849 bits per heavy atom. The number of ketones is 3. The van der Waals surface area contributed by atoms with Crippen LogP contribution in [0.1, 0.15) is 169 Å². The quantitative estimate of drug-likeness (QED) is 0.0935. The number of halogens is 1. The molecule has 452 valence electrons. The Morgan fingerprint density at radius 3 is 1.23 bits per heavy atom. The number of piperazine rings is 2. The molecular formula is C67H82BrN13O5. The van der Waals surface area contributed by atoms with Gasteiger partial charge < -0.3 is 39.7 Å². The van der Waals surface area contributed by atoms with Crippen LogP contribution in [0.15, 0.2) is 90.3 Å². The molecule has 0 unspecified atom stereocenters. The second-order valence-corrected chi connectivity index (χ2v) is 26.9. The highest BCUT2D eigenvalue weighted by Gasteiger charge is 2.39. The van der Waals surface area contributed by atoms with Crippen LogP contribution in [0.5, 0.6) is 0 Å². The maximum Gasteiger partial charge on any atom is 0.410 e. The molecule has 13 rings (SSSR count). The van der Waals surface area contributed by atoms with Crippen molar-refractivity contribution in [1.82, 2.24) is 55.1 Å². The third-order valence-electron chi connectivity index (χ3n) is 18.5. The average molecular weight is 1230 g/mol. The number of ether oxygens (including phenoxy) is 1. The fourth-order valence-electron chi connectivity index (χ4n) is 13.2. The molecule has 3 saturated carbocycles.